The fraction of sp³-hybridized carbons (Fsp3) is 0.278. The number of Topliss-reactive ketones (excluding diaryl/α,β-unsaturated/α-hetero) is 1. The third-order valence-corrected chi connectivity index (χ3v) is 4.41. The molecule has 5 nitrogen and oxygen atoms in total. The van der Waals surface area contributed by atoms with Crippen LogP contribution < -0.4 is 0 Å². The van der Waals surface area contributed by atoms with Crippen LogP contribution in [0.5, 0.6) is 0 Å². The second kappa shape index (κ2) is 5.19. The van der Waals surface area contributed by atoms with Gasteiger partial charge in [-0.25, -0.2) is 0 Å². The number of fused-ring (bicyclic) bond motifs is 1. The van der Waals surface area contributed by atoms with Gasteiger partial charge in [0.1, 0.15) is 0 Å². The lowest BCUT2D eigenvalue weighted by Gasteiger charge is -2.11. The Bertz CT molecular complexity index is 886. The molecule has 3 aromatic rings. The van der Waals surface area contributed by atoms with Gasteiger partial charge in [-0.3, -0.25) is 14.2 Å². The lowest BCUT2D eigenvalue weighted by molar-refractivity contribution is 0.0973. The van der Waals surface area contributed by atoms with Gasteiger partial charge in [-0.1, -0.05) is 24.3 Å². The molecule has 0 bridgehead atoms. The maximum absolute atomic E-state index is 12.3. The number of carbonyl (C=O) groups excluding carboxylic acids is 1. The Morgan fingerprint density at radius 2 is 1.74 bits per heavy atom. The van der Waals surface area contributed by atoms with E-state index in [2.05, 4.69) is 34.5 Å². The van der Waals surface area contributed by atoms with E-state index in [1.165, 1.54) is 0 Å². The number of ketones is 1. The lowest BCUT2D eigenvalue weighted by Crippen LogP contribution is -2.10. The van der Waals surface area contributed by atoms with E-state index in [0.29, 0.717) is 6.42 Å². The lowest BCUT2D eigenvalue weighted by atomic mass is 9.92. The summed E-state index contributed by atoms with van der Waals surface area (Å²) in [7, 11) is 3.82. The molecule has 0 unspecified atom stereocenters. The molecule has 0 atom stereocenters. The van der Waals surface area contributed by atoms with E-state index in [1.807, 2.05) is 31.2 Å². The van der Waals surface area contributed by atoms with Crippen LogP contribution in [0.4, 0.5) is 0 Å². The minimum absolute atomic E-state index is 0.214. The van der Waals surface area contributed by atoms with Crippen molar-refractivity contribution in [2.75, 3.05) is 0 Å². The SMILES string of the molecule is Cn1cc(-c2ccc(-c3c4c(nn3C)CCCC4=O)cc2)cn1. The van der Waals surface area contributed by atoms with Crippen molar-refractivity contribution in [3.05, 3.63) is 47.9 Å². The van der Waals surface area contributed by atoms with Crippen LogP contribution in [0.3, 0.4) is 0 Å². The molecule has 0 spiro atoms. The van der Waals surface area contributed by atoms with Crippen LogP contribution in [0.15, 0.2) is 36.7 Å². The summed E-state index contributed by atoms with van der Waals surface area (Å²) in [5.41, 5.74) is 5.92. The van der Waals surface area contributed by atoms with E-state index >= 15 is 0 Å². The Morgan fingerprint density at radius 3 is 2.43 bits per heavy atom. The summed E-state index contributed by atoms with van der Waals surface area (Å²) in [6.07, 6.45) is 6.26. The molecule has 2 aromatic heterocycles. The quantitative estimate of drug-likeness (QED) is 0.731. The molecular formula is C18H18N4O. The first-order chi connectivity index (χ1) is 11.1. The van der Waals surface area contributed by atoms with Crippen molar-refractivity contribution in [1.29, 1.82) is 0 Å². The van der Waals surface area contributed by atoms with Gasteiger partial charge in [0, 0.05) is 37.8 Å². The molecule has 116 valence electrons. The molecule has 0 saturated carbocycles. The van der Waals surface area contributed by atoms with Crippen molar-refractivity contribution in [3.8, 4) is 22.4 Å². The molecular weight excluding hydrogens is 288 g/mol. The second-order valence-electron chi connectivity index (χ2n) is 6.05. The second-order valence-corrected chi connectivity index (χ2v) is 6.05. The molecule has 5 heteroatoms. The minimum atomic E-state index is 0.214. The average Bonchev–Trinajstić information content (AvgIpc) is 3.11. The normalized spacial score (nSPS) is 14.1. The fourth-order valence-corrected chi connectivity index (χ4v) is 3.31. The smallest absolute Gasteiger partial charge is 0.166 e. The predicted molar refractivity (Wildman–Crippen MR) is 88.1 cm³/mol. The largest absolute Gasteiger partial charge is 0.294 e. The van der Waals surface area contributed by atoms with E-state index in [9.17, 15) is 4.79 Å². The minimum Gasteiger partial charge on any atom is -0.294 e. The third kappa shape index (κ3) is 2.29. The molecule has 4 rings (SSSR count). The Kier molecular flexibility index (Phi) is 3.15. The Morgan fingerprint density at radius 1 is 1.00 bits per heavy atom. The molecule has 0 radical (unpaired) electrons. The van der Waals surface area contributed by atoms with E-state index in [0.717, 1.165) is 46.5 Å². The van der Waals surface area contributed by atoms with Gasteiger partial charge in [0.2, 0.25) is 0 Å². The van der Waals surface area contributed by atoms with Crippen molar-refractivity contribution < 1.29 is 4.79 Å². The molecule has 1 aliphatic rings. The fourth-order valence-electron chi connectivity index (χ4n) is 3.31. The van der Waals surface area contributed by atoms with Gasteiger partial charge in [0.15, 0.2) is 5.78 Å². The van der Waals surface area contributed by atoms with Gasteiger partial charge in [-0.2, -0.15) is 10.2 Å². The third-order valence-electron chi connectivity index (χ3n) is 4.41. The molecule has 0 saturated heterocycles. The van der Waals surface area contributed by atoms with Gasteiger partial charge in [-0.05, 0) is 18.4 Å². The van der Waals surface area contributed by atoms with Crippen LogP contribution in [-0.2, 0) is 20.5 Å². The number of hydrogen-bond donors (Lipinski definition) is 0. The number of hydrogen-bond acceptors (Lipinski definition) is 3. The van der Waals surface area contributed by atoms with Gasteiger partial charge < -0.3 is 0 Å². The van der Waals surface area contributed by atoms with Crippen molar-refractivity contribution >= 4 is 5.78 Å². The Balaban J connectivity index is 1.77. The zero-order chi connectivity index (χ0) is 16.0. The Hall–Kier alpha value is -2.69. The summed E-state index contributed by atoms with van der Waals surface area (Å²) in [6, 6.07) is 8.25. The molecule has 1 aliphatic carbocycles. The van der Waals surface area contributed by atoms with Gasteiger partial charge >= 0.3 is 0 Å². The summed E-state index contributed by atoms with van der Waals surface area (Å²) >= 11 is 0. The van der Waals surface area contributed by atoms with E-state index in [1.54, 1.807) is 4.68 Å². The van der Waals surface area contributed by atoms with Crippen molar-refractivity contribution in [2.45, 2.75) is 19.3 Å². The standard InChI is InChI=1S/C18H18N4O/c1-21-11-14(10-19-21)12-6-8-13(9-7-12)18-17-15(20-22(18)2)4-3-5-16(17)23/h6-11H,3-5H2,1-2H3. The highest BCUT2D eigenvalue weighted by molar-refractivity contribution is 6.03. The van der Waals surface area contributed by atoms with E-state index in [-0.39, 0.29) is 5.78 Å². The molecule has 2 heterocycles. The number of aromatic nitrogens is 4. The first-order valence-corrected chi connectivity index (χ1v) is 7.82. The predicted octanol–water partition coefficient (Wildman–Crippen LogP) is 3.01. The van der Waals surface area contributed by atoms with Crippen LogP contribution in [0.2, 0.25) is 0 Å². The summed E-state index contributed by atoms with van der Waals surface area (Å²) in [5, 5.41) is 8.75. The molecule has 0 N–H and O–H groups in total. The van der Waals surface area contributed by atoms with Crippen LogP contribution in [0, 0.1) is 0 Å². The topological polar surface area (TPSA) is 52.7 Å². The van der Waals surface area contributed by atoms with Crippen LogP contribution in [0.1, 0.15) is 28.9 Å². The summed E-state index contributed by atoms with van der Waals surface area (Å²) in [4.78, 5) is 12.3. The van der Waals surface area contributed by atoms with Crippen LogP contribution >= 0.6 is 0 Å². The first-order valence-electron chi connectivity index (χ1n) is 7.82. The monoisotopic (exact) mass is 306 g/mol. The van der Waals surface area contributed by atoms with Gasteiger partial charge in [0.05, 0.1) is 23.1 Å². The van der Waals surface area contributed by atoms with Crippen molar-refractivity contribution in [1.82, 2.24) is 19.6 Å². The van der Waals surface area contributed by atoms with Crippen LogP contribution in [0.25, 0.3) is 22.4 Å². The molecule has 0 fully saturated rings. The number of aryl methyl sites for hydroxylation is 3. The maximum Gasteiger partial charge on any atom is 0.166 e. The van der Waals surface area contributed by atoms with E-state index < -0.39 is 0 Å². The average molecular weight is 306 g/mol. The van der Waals surface area contributed by atoms with Crippen molar-refractivity contribution in [2.24, 2.45) is 14.1 Å². The summed E-state index contributed by atoms with van der Waals surface area (Å²) in [6.45, 7) is 0. The summed E-state index contributed by atoms with van der Waals surface area (Å²) in [5.74, 6) is 0.214. The highest BCUT2D eigenvalue weighted by atomic mass is 16.1. The highest BCUT2D eigenvalue weighted by Gasteiger charge is 2.26. The van der Waals surface area contributed by atoms with Gasteiger partial charge in [-0.15, -0.1) is 0 Å². The molecule has 1 aromatic carbocycles. The number of carbonyl (C=O) groups is 1. The van der Waals surface area contributed by atoms with Gasteiger partial charge in [0.25, 0.3) is 0 Å². The first kappa shape index (κ1) is 13.9. The molecule has 0 amide bonds. The number of benzene rings is 1. The maximum atomic E-state index is 12.3. The molecule has 0 aliphatic heterocycles. The zero-order valence-corrected chi connectivity index (χ0v) is 13.3. The highest BCUT2D eigenvalue weighted by Crippen LogP contribution is 2.32. The number of nitrogens with zero attached hydrogens (tertiary/aromatic N) is 4. The van der Waals surface area contributed by atoms with E-state index in [4.69, 9.17) is 0 Å². The van der Waals surface area contributed by atoms with Crippen molar-refractivity contribution in [3.63, 3.8) is 0 Å². The summed E-state index contributed by atoms with van der Waals surface area (Å²) < 4.78 is 3.63. The number of rotatable bonds is 2. The zero-order valence-electron chi connectivity index (χ0n) is 13.3. The Labute approximate surface area is 134 Å². The molecule has 23 heavy (non-hydrogen) atoms. The van der Waals surface area contributed by atoms with Crippen LogP contribution in [-0.4, -0.2) is 25.3 Å².